The van der Waals surface area contributed by atoms with E-state index in [1.54, 1.807) is 219 Å². The van der Waals surface area contributed by atoms with Crippen molar-refractivity contribution in [1.29, 1.82) is 0 Å². The Hall–Kier alpha value is -12.9. The fourth-order valence-corrected chi connectivity index (χ4v) is 12.4. The minimum absolute atomic E-state index is 0. The van der Waals surface area contributed by atoms with Crippen molar-refractivity contribution in [3.8, 4) is 74.7 Å². The van der Waals surface area contributed by atoms with E-state index in [0.29, 0.717) is 104 Å². The van der Waals surface area contributed by atoms with Crippen LogP contribution in [-0.2, 0) is 12.8 Å². The molecule has 25 heteroatoms. The van der Waals surface area contributed by atoms with E-state index in [1.807, 2.05) is 177 Å². The summed E-state index contributed by atoms with van der Waals surface area (Å²) in [5, 5.41) is 19.5. The number of hydrogen-bond donors (Lipinski definition) is 2. The van der Waals surface area contributed by atoms with Crippen molar-refractivity contribution in [3.63, 3.8) is 0 Å². The molecule has 3 atom stereocenters. The summed E-state index contributed by atoms with van der Waals surface area (Å²) in [6.07, 6.45) is 0.856. The van der Waals surface area contributed by atoms with Gasteiger partial charge in [-0.2, -0.15) is 0 Å². The summed E-state index contributed by atoms with van der Waals surface area (Å²) < 4.78 is 57.8. The first kappa shape index (κ1) is 124. The van der Waals surface area contributed by atoms with Crippen LogP contribution in [0.2, 0.25) is 0 Å². The topological polar surface area (TPSA) is 279 Å². The molecule has 0 amide bonds. The van der Waals surface area contributed by atoms with E-state index in [0.717, 1.165) is 40.0 Å². The molecule has 137 heavy (non-hydrogen) atoms. The van der Waals surface area contributed by atoms with Gasteiger partial charge in [0, 0.05) is 29.5 Å². The Morgan fingerprint density at radius 1 is 0.380 bits per heavy atom. The molecule has 3 unspecified atom stereocenters. The summed E-state index contributed by atoms with van der Waals surface area (Å²) in [4.78, 5) is 98.2. The summed E-state index contributed by atoms with van der Waals surface area (Å²) in [7, 11) is 14.0. The zero-order valence-corrected chi connectivity index (χ0v) is 84.6. The summed E-state index contributed by atoms with van der Waals surface area (Å²) in [6.45, 7) is 16.0. The molecule has 0 aliphatic carbocycles. The van der Waals surface area contributed by atoms with Crippen molar-refractivity contribution in [2.24, 2.45) is 0 Å². The molecule has 0 saturated heterocycles. The fraction of sp³-hybridized carbons (Fsp3) is 0.232. The Bertz CT molecular complexity index is 5660. The SMILES string of the molecule is C.C.C.C.CC.CC.CC.CC.COc1ccc(C(=O)C(C(=O)c2cc(OC)ccc2O)c2ccccc2)cc1.COc1ccc(C(=O)Cl)cc1.COc1ccc(C(=O)Oc2ccc(OC)cc2C(=O)Cc2ccccc2)cc1.COc1ccc(C2Oc3ccc(OC)cc3C(=O)C2c2ccccc2)cc1.COc1ccc(C=O)cc1.COc1ccc(O)c(C(=O)Cc2ccccc2)c1.I[I-]I. The van der Waals surface area contributed by atoms with Gasteiger partial charge in [0.05, 0.1) is 97.7 Å². The van der Waals surface area contributed by atoms with Crippen molar-refractivity contribution in [2.45, 2.75) is 116 Å². The summed E-state index contributed by atoms with van der Waals surface area (Å²) in [5.74, 6) is 3.00. The van der Waals surface area contributed by atoms with E-state index < -0.39 is 34.9 Å². The van der Waals surface area contributed by atoms with Crippen LogP contribution >= 0.6 is 48.8 Å². The second-order valence-electron chi connectivity index (χ2n) is 26.6. The Kier molecular flexibility index (Phi) is 63.3. The van der Waals surface area contributed by atoms with E-state index in [4.69, 9.17) is 63.7 Å². The van der Waals surface area contributed by atoms with Gasteiger partial charge >= 0.3 is 56.5 Å². The second kappa shape index (κ2) is 69.8. The predicted molar refractivity (Wildman–Crippen MR) is 565 cm³/mol. The number of benzene rings is 13. The molecule has 0 radical (unpaired) electrons. The molecule has 1 aliphatic heterocycles. The molecule has 0 bridgehead atoms. The number of carbonyl (C=O) groups excluding carboxylic acids is 8. The number of aldehydes is 1. The quantitative estimate of drug-likeness (QED) is 0.00969. The number of ketones is 5. The third-order valence-corrected chi connectivity index (χ3v) is 19.1. The van der Waals surface area contributed by atoms with Gasteiger partial charge in [0.2, 0.25) is 0 Å². The first-order chi connectivity index (χ1) is 64.6. The van der Waals surface area contributed by atoms with E-state index in [1.165, 1.54) is 39.5 Å². The Balaban J connectivity index is 0.00000162. The summed E-state index contributed by atoms with van der Waals surface area (Å²) in [5.41, 5.74) is 7.27. The van der Waals surface area contributed by atoms with Crippen molar-refractivity contribution in [1.82, 2.24) is 0 Å². The average Bonchev–Trinajstić information content (AvgIpc) is 0.758. The van der Waals surface area contributed by atoms with Gasteiger partial charge in [-0.3, -0.25) is 33.6 Å². The van der Waals surface area contributed by atoms with Crippen LogP contribution < -0.4 is 65.4 Å². The molecule has 1 aliphatic rings. The Morgan fingerprint density at radius 2 is 0.708 bits per heavy atom. The van der Waals surface area contributed by atoms with Crippen molar-refractivity contribution in [2.75, 3.05) is 64.0 Å². The van der Waals surface area contributed by atoms with Gasteiger partial charge < -0.3 is 62.3 Å². The number of carbonyl (C=O) groups is 8. The van der Waals surface area contributed by atoms with E-state index in [2.05, 4.69) is 37.2 Å². The van der Waals surface area contributed by atoms with E-state index in [9.17, 15) is 48.6 Å². The number of esters is 1. The van der Waals surface area contributed by atoms with Crippen LogP contribution in [0.25, 0.3) is 0 Å². The van der Waals surface area contributed by atoms with Gasteiger partial charge in [0.25, 0.3) is 5.24 Å². The number of halogens is 4. The van der Waals surface area contributed by atoms with E-state index in [-0.39, 0.29) is 88.5 Å². The van der Waals surface area contributed by atoms with Crippen LogP contribution in [0.15, 0.2) is 315 Å². The number of methoxy groups -OCH3 is 9. The standard InChI is InChI=1S/2C23H20O5.C23H20O4.C15H14O3.C8H7ClO2.C8H8O2.4C2H6.4CH4.I3/c1-26-18-10-8-17(9-11-18)23(25)28-22-13-12-19(27-2)15-20(22)21(24)14-16-6-4-3-5-7-16;1-27-17-10-8-16(9-11-17)22(25)21(15-6-4-3-5-7-15)23(26)19-14-18(28-2)12-13-20(19)24;1-25-17-10-8-16(9-11-17)23-21(15-6-4-3-5-7-15)22(24)19-14-18(26-2)12-13-20(19)27-23;1-18-12-7-8-14(16)13(10-12)15(17)9-11-5-3-2-4-6-11;1-11-7-4-2-6(3-5-7)8(9)10;1-10-8-4-2-7(6-9)3-5-8;4*1-2;;;;;1-3-2/h3-13,15H,14H2,1-2H3;3-14,21,24H,1-2H3;3-14,21,23H,1-2H3;2-8,10,16H,9H2,1H3;2-5H,1H3;2-6H,1H3;4*1-2H3;4*1H4;/q;;;;;;;;;;;;;;-1. The maximum atomic E-state index is 13.4. The maximum absolute atomic E-state index is 13.4. The normalized spacial score (nSPS) is 11.1. The van der Waals surface area contributed by atoms with Gasteiger partial charge in [0.1, 0.15) is 93.1 Å². The molecular formula is C112H129ClI3O21-. The number of fused-ring (bicyclic) bond motifs is 1. The van der Waals surface area contributed by atoms with Crippen molar-refractivity contribution >= 4 is 95.2 Å². The van der Waals surface area contributed by atoms with Gasteiger partial charge in [-0.15, -0.1) is 0 Å². The molecule has 13 aromatic rings. The molecule has 2 N–H and O–H groups in total. The van der Waals surface area contributed by atoms with Crippen LogP contribution in [0, 0.1) is 0 Å². The first-order valence-corrected chi connectivity index (χ1v) is 55.1. The second-order valence-corrected chi connectivity index (χ2v) is 43.2. The van der Waals surface area contributed by atoms with Gasteiger partial charge in [-0.05, 0) is 221 Å². The molecule has 14 rings (SSSR count). The molecule has 732 valence electrons. The van der Waals surface area contributed by atoms with Crippen LogP contribution in [0.3, 0.4) is 0 Å². The monoisotopic (exact) mass is 2230 g/mol. The van der Waals surface area contributed by atoms with Gasteiger partial charge in [-0.1, -0.05) is 219 Å². The molecule has 0 fully saturated rings. The van der Waals surface area contributed by atoms with Crippen LogP contribution in [0.5, 0.6) is 74.7 Å². The van der Waals surface area contributed by atoms with Crippen LogP contribution in [0.4, 0.5) is 0 Å². The zero-order valence-electron chi connectivity index (χ0n) is 77.4. The number of ether oxygens (including phenoxy) is 11. The number of aromatic hydroxyl groups is 2. The fourth-order valence-electron chi connectivity index (χ4n) is 12.3. The van der Waals surface area contributed by atoms with Crippen molar-refractivity contribution < 1.29 is 114 Å². The van der Waals surface area contributed by atoms with Crippen LogP contribution in [0.1, 0.15) is 214 Å². The number of rotatable bonds is 26. The number of phenolic OH excluding ortho intramolecular Hbond substituents is 2. The Labute approximate surface area is 844 Å². The zero-order chi connectivity index (χ0) is 98.2. The van der Waals surface area contributed by atoms with Crippen LogP contribution in [-0.4, -0.2) is 121 Å². The summed E-state index contributed by atoms with van der Waals surface area (Å²) in [6, 6.07) is 90.9. The molecular weight excluding hydrogens is 2100 g/mol. The van der Waals surface area contributed by atoms with Gasteiger partial charge in [0.15, 0.2) is 28.9 Å². The molecule has 13 aromatic carbocycles. The molecule has 21 nitrogen and oxygen atoms in total. The number of Topliss-reactive ketones (excluding diaryl/α,β-unsaturated/α-hetero) is 5. The average molecular weight is 2230 g/mol. The Morgan fingerprint density at radius 3 is 1.12 bits per heavy atom. The number of phenols is 2. The third kappa shape index (κ3) is 39.8. The molecule has 0 aromatic heterocycles. The summed E-state index contributed by atoms with van der Waals surface area (Å²) >= 11 is 10.5. The predicted octanol–water partition coefficient (Wildman–Crippen LogP) is 25.2. The van der Waals surface area contributed by atoms with E-state index >= 15 is 0 Å². The number of hydrogen-bond acceptors (Lipinski definition) is 21. The third-order valence-electron chi connectivity index (χ3n) is 18.9. The molecule has 0 saturated carbocycles. The minimum atomic E-state index is -1.09. The van der Waals surface area contributed by atoms with Crippen molar-refractivity contribution in [3.05, 3.63) is 388 Å². The molecule has 1 heterocycles. The van der Waals surface area contributed by atoms with Gasteiger partial charge in [-0.25, -0.2) is 4.79 Å². The first-order valence-electron chi connectivity index (χ1n) is 42.2. The molecule has 0 spiro atoms.